The van der Waals surface area contributed by atoms with Gasteiger partial charge in [-0.3, -0.25) is 14.4 Å². The number of likely N-dealkylation sites (tertiary alicyclic amines) is 1. The molecule has 0 radical (unpaired) electrons. The van der Waals surface area contributed by atoms with Crippen molar-refractivity contribution < 1.29 is 14.4 Å². The summed E-state index contributed by atoms with van der Waals surface area (Å²) in [6.45, 7) is 3.67. The van der Waals surface area contributed by atoms with E-state index in [9.17, 15) is 14.4 Å². The Labute approximate surface area is 202 Å². The van der Waals surface area contributed by atoms with E-state index in [-0.39, 0.29) is 36.7 Å². The third-order valence-corrected chi connectivity index (χ3v) is 6.80. The second-order valence-electron chi connectivity index (χ2n) is 8.44. The summed E-state index contributed by atoms with van der Waals surface area (Å²) in [5.41, 5.74) is 1.12. The van der Waals surface area contributed by atoms with Crippen LogP contribution in [0, 0.1) is 0 Å². The number of anilines is 1. The number of hydrogen-bond acceptors (Lipinski definition) is 6. The molecule has 0 unspecified atom stereocenters. The maximum Gasteiger partial charge on any atom is 0.254 e. The van der Waals surface area contributed by atoms with Crippen molar-refractivity contribution in [3.63, 3.8) is 0 Å². The molecule has 8 nitrogen and oxygen atoms in total. The van der Waals surface area contributed by atoms with Crippen LogP contribution in [0.2, 0.25) is 5.02 Å². The number of nitrogens with one attached hydrogen (secondary N) is 2. The third kappa shape index (κ3) is 6.99. The SMILES string of the molecule is O=C(Cc1csc(NC(=O)CN(C(=O)c2ccc(Cl)cc2)C2CC2)n1)NCCN1CCCC1. The van der Waals surface area contributed by atoms with Crippen LogP contribution in [0.25, 0.3) is 0 Å². The Balaban J connectivity index is 1.24. The quantitative estimate of drug-likeness (QED) is 0.535. The highest BCUT2D eigenvalue weighted by Gasteiger charge is 2.34. The normalized spacial score (nSPS) is 15.9. The molecule has 2 N–H and O–H groups in total. The number of amides is 3. The Morgan fingerprint density at radius 3 is 2.55 bits per heavy atom. The molecule has 0 atom stereocenters. The molecule has 2 aliphatic rings. The second kappa shape index (κ2) is 11.1. The van der Waals surface area contributed by atoms with E-state index in [2.05, 4.69) is 20.5 Å². The van der Waals surface area contributed by atoms with Crippen molar-refractivity contribution in [2.45, 2.75) is 38.1 Å². The van der Waals surface area contributed by atoms with Crippen LogP contribution in [0.3, 0.4) is 0 Å². The zero-order valence-corrected chi connectivity index (χ0v) is 20.0. The summed E-state index contributed by atoms with van der Waals surface area (Å²) in [4.78, 5) is 45.9. The number of halogens is 1. The van der Waals surface area contributed by atoms with Gasteiger partial charge in [0.25, 0.3) is 5.91 Å². The Morgan fingerprint density at radius 2 is 1.85 bits per heavy atom. The molecule has 1 aliphatic heterocycles. The van der Waals surface area contributed by atoms with Gasteiger partial charge in [-0.2, -0.15) is 0 Å². The van der Waals surface area contributed by atoms with Gasteiger partial charge in [-0.25, -0.2) is 4.98 Å². The van der Waals surface area contributed by atoms with Crippen LogP contribution in [-0.2, 0) is 16.0 Å². The van der Waals surface area contributed by atoms with Crippen LogP contribution in [0.1, 0.15) is 41.7 Å². The van der Waals surface area contributed by atoms with Gasteiger partial charge in [-0.15, -0.1) is 11.3 Å². The smallest absolute Gasteiger partial charge is 0.254 e. The van der Waals surface area contributed by atoms with Crippen molar-refractivity contribution in [3.8, 4) is 0 Å². The van der Waals surface area contributed by atoms with Gasteiger partial charge in [0, 0.05) is 35.1 Å². The van der Waals surface area contributed by atoms with Gasteiger partial charge in [0.1, 0.15) is 6.54 Å². The molecular weight excluding hydrogens is 462 g/mol. The molecular formula is C23H28ClN5O3S. The van der Waals surface area contributed by atoms with Gasteiger partial charge in [0.15, 0.2) is 5.13 Å². The number of carbonyl (C=O) groups is 3. The van der Waals surface area contributed by atoms with Gasteiger partial charge in [-0.05, 0) is 63.0 Å². The first kappa shape index (κ1) is 23.7. The first-order valence-corrected chi connectivity index (χ1v) is 12.5. The van der Waals surface area contributed by atoms with Crippen molar-refractivity contribution >= 4 is 45.8 Å². The predicted molar refractivity (Wildman–Crippen MR) is 129 cm³/mol. The largest absolute Gasteiger partial charge is 0.354 e. The average Bonchev–Trinajstić information content (AvgIpc) is 3.32. The van der Waals surface area contributed by atoms with E-state index in [0.29, 0.717) is 28.0 Å². The molecule has 1 aromatic heterocycles. The summed E-state index contributed by atoms with van der Waals surface area (Å²) in [5.74, 6) is -0.569. The van der Waals surface area contributed by atoms with Crippen LogP contribution in [0.4, 0.5) is 5.13 Å². The van der Waals surface area contributed by atoms with Crippen LogP contribution < -0.4 is 10.6 Å². The summed E-state index contributed by atoms with van der Waals surface area (Å²) in [6, 6.07) is 6.75. The maximum atomic E-state index is 12.9. The number of carbonyl (C=O) groups excluding carboxylic acids is 3. The molecule has 33 heavy (non-hydrogen) atoms. The van der Waals surface area contributed by atoms with E-state index in [1.54, 1.807) is 34.5 Å². The Morgan fingerprint density at radius 1 is 1.12 bits per heavy atom. The topological polar surface area (TPSA) is 94.6 Å². The van der Waals surface area contributed by atoms with Crippen LogP contribution in [-0.4, -0.2) is 71.3 Å². The van der Waals surface area contributed by atoms with E-state index >= 15 is 0 Å². The highest BCUT2D eigenvalue weighted by molar-refractivity contribution is 7.13. The summed E-state index contributed by atoms with van der Waals surface area (Å²) in [7, 11) is 0. The lowest BCUT2D eigenvalue weighted by Crippen LogP contribution is -2.39. The van der Waals surface area contributed by atoms with Crippen molar-refractivity contribution in [1.29, 1.82) is 0 Å². The number of thiazole rings is 1. The second-order valence-corrected chi connectivity index (χ2v) is 9.73. The standard InChI is InChI=1S/C23H28ClN5O3S/c24-17-5-3-16(4-6-17)22(32)29(19-7-8-19)14-21(31)27-23-26-18(15-33-23)13-20(30)25-9-12-28-10-1-2-11-28/h3-6,15,19H,1-2,7-14H2,(H,25,30)(H,26,27,31). The van der Waals surface area contributed by atoms with Crippen LogP contribution >= 0.6 is 22.9 Å². The fourth-order valence-corrected chi connectivity index (χ4v) is 4.71. The number of nitrogens with zero attached hydrogens (tertiary/aromatic N) is 3. The van der Waals surface area contributed by atoms with Crippen molar-refractivity contribution in [3.05, 3.63) is 45.9 Å². The number of hydrogen-bond donors (Lipinski definition) is 2. The molecule has 0 spiro atoms. The molecule has 176 valence electrons. The van der Waals surface area contributed by atoms with E-state index < -0.39 is 0 Å². The van der Waals surface area contributed by atoms with Gasteiger partial charge in [-0.1, -0.05) is 11.6 Å². The first-order valence-electron chi connectivity index (χ1n) is 11.3. The number of benzene rings is 1. The Kier molecular flexibility index (Phi) is 7.95. The lowest BCUT2D eigenvalue weighted by Gasteiger charge is -2.21. The first-order chi connectivity index (χ1) is 16.0. The lowest BCUT2D eigenvalue weighted by atomic mass is 10.2. The minimum absolute atomic E-state index is 0.0436. The van der Waals surface area contributed by atoms with Crippen molar-refractivity contribution in [2.75, 3.05) is 38.0 Å². The predicted octanol–water partition coefficient (Wildman–Crippen LogP) is 2.79. The minimum Gasteiger partial charge on any atom is -0.354 e. The lowest BCUT2D eigenvalue weighted by molar-refractivity contribution is -0.120. The van der Waals surface area contributed by atoms with E-state index in [1.165, 1.54) is 24.2 Å². The fraction of sp³-hybridized carbons (Fsp3) is 0.478. The molecule has 1 aromatic carbocycles. The van der Waals surface area contributed by atoms with Crippen molar-refractivity contribution in [2.24, 2.45) is 0 Å². The molecule has 10 heteroatoms. The van der Waals surface area contributed by atoms with Gasteiger partial charge < -0.3 is 20.4 Å². The van der Waals surface area contributed by atoms with E-state index in [0.717, 1.165) is 32.5 Å². The number of rotatable bonds is 10. The fourth-order valence-electron chi connectivity index (χ4n) is 3.86. The molecule has 1 aliphatic carbocycles. The Bertz CT molecular complexity index is 986. The number of aromatic nitrogens is 1. The highest BCUT2D eigenvalue weighted by Crippen LogP contribution is 2.28. The van der Waals surface area contributed by atoms with Crippen LogP contribution in [0.5, 0.6) is 0 Å². The summed E-state index contributed by atoms with van der Waals surface area (Å²) in [6.07, 6.45) is 4.42. The summed E-state index contributed by atoms with van der Waals surface area (Å²) >= 11 is 7.18. The average molecular weight is 490 g/mol. The van der Waals surface area contributed by atoms with Crippen molar-refractivity contribution in [1.82, 2.24) is 20.1 Å². The molecule has 2 heterocycles. The summed E-state index contributed by atoms with van der Waals surface area (Å²) < 4.78 is 0. The molecule has 1 saturated carbocycles. The maximum absolute atomic E-state index is 12.9. The molecule has 3 amide bonds. The van der Waals surface area contributed by atoms with Gasteiger partial charge >= 0.3 is 0 Å². The van der Waals surface area contributed by atoms with E-state index in [1.807, 2.05) is 0 Å². The zero-order chi connectivity index (χ0) is 23.2. The monoisotopic (exact) mass is 489 g/mol. The minimum atomic E-state index is -0.305. The zero-order valence-electron chi connectivity index (χ0n) is 18.4. The molecule has 4 rings (SSSR count). The van der Waals surface area contributed by atoms with Gasteiger partial charge in [0.05, 0.1) is 12.1 Å². The molecule has 2 fully saturated rings. The third-order valence-electron chi connectivity index (χ3n) is 5.74. The molecule has 0 bridgehead atoms. The molecule has 1 saturated heterocycles. The summed E-state index contributed by atoms with van der Waals surface area (Å²) in [5, 5.41) is 8.44. The highest BCUT2D eigenvalue weighted by atomic mass is 35.5. The van der Waals surface area contributed by atoms with E-state index in [4.69, 9.17) is 11.6 Å². The Hall–Kier alpha value is -2.49. The van der Waals surface area contributed by atoms with Crippen LogP contribution in [0.15, 0.2) is 29.6 Å². The van der Waals surface area contributed by atoms with Gasteiger partial charge in [0.2, 0.25) is 11.8 Å². The molecule has 2 aromatic rings.